The summed E-state index contributed by atoms with van der Waals surface area (Å²) < 4.78 is 20.8. The first kappa shape index (κ1) is 23.2. The minimum atomic E-state index is -1.21. The maximum absolute atomic E-state index is 12.6. The lowest BCUT2D eigenvalue weighted by Gasteiger charge is -2.29. The topological polar surface area (TPSA) is 61.4 Å². The third-order valence-electron chi connectivity index (χ3n) is 3.88. The molecule has 0 heterocycles. The van der Waals surface area contributed by atoms with Gasteiger partial charge >= 0.3 is 5.97 Å². The number of nitrogens with one attached hydrogen (secondary N) is 1. The average molecular weight is 398 g/mol. The minimum absolute atomic E-state index is 0.0111. The molecule has 0 radical (unpaired) electrons. The molecule has 0 spiro atoms. The number of rotatable bonds is 8. The molecule has 1 N–H and O–H groups in total. The highest BCUT2D eigenvalue weighted by Gasteiger charge is 2.30. The molecule has 4 nitrogen and oxygen atoms in total. The maximum Gasteiger partial charge on any atom is 0.338 e. The van der Waals surface area contributed by atoms with Crippen LogP contribution in [0.5, 0.6) is 0 Å². The standard InChI is InChI=1S/C20H35NO3SSi/c1-15(2)24-19(22)17-11-9-16(10-12-17)18(13-14-26(6,7)8)21-25(23)20(3,4)5/h9-12,15,18,21H,13-14H2,1-8H3/t18-,25?/m0/s1. The highest BCUT2D eigenvalue weighted by atomic mass is 32.2. The highest BCUT2D eigenvalue weighted by molar-refractivity contribution is 7.90. The van der Waals surface area contributed by atoms with Crippen LogP contribution in [0.15, 0.2) is 24.3 Å². The van der Waals surface area contributed by atoms with Crippen LogP contribution in [0.2, 0.25) is 25.7 Å². The molecule has 6 heteroatoms. The zero-order valence-corrected chi connectivity index (χ0v) is 19.3. The fraction of sp³-hybridized carbons (Fsp3) is 0.650. The number of esters is 1. The van der Waals surface area contributed by atoms with E-state index in [9.17, 15) is 9.35 Å². The van der Waals surface area contributed by atoms with Gasteiger partial charge in [0.2, 0.25) is 0 Å². The van der Waals surface area contributed by atoms with E-state index in [-0.39, 0.29) is 22.9 Å². The molecular weight excluding hydrogens is 362 g/mol. The Morgan fingerprint density at radius 1 is 1.19 bits per heavy atom. The van der Waals surface area contributed by atoms with Crippen molar-refractivity contribution in [3.8, 4) is 0 Å². The number of carbonyl (C=O) groups is 1. The zero-order valence-electron chi connectivity index (χ0n) is 17.5. The lowest BCUT2D eigenvalue weighted by atomic mass is 10.0. The molecule has 0 saturated carbocycles. The summed E-state index contributed by atoms with van der Waals surface area (Å²) in [6, 6.07) is 8.63. The number of benzene rings is 1. The Morgan fingerprint density at radius 3 is 2.15 bits per heavy atom. The number of hydrogen-bond donors (Lipinski definition) is 1. The Hall–Kier alpha value is -0.823. The molecule has 2 atom stereocenters. The third kappa shape index (κ3) is 8.25. The summed E-state index contributed by atoms with van der Waals surface area (Å²) in [6.45, 7) is 16.6. The van der Waals surface area contributed by atoms with Gasteiger partial charge in [-0.15, -0.1) is 4.72 Å². The van der Waals surface area contributed by atoms with Gasteiger partial charge in [-0.25, -0.2) is 4.79 Å². The van der Waals surface area contributed by atoms with Gasteiger partial charge in [0, 0.05) is 19.4 Å². The first-order valence-electron chi connectivity index (χ1n) is 9.28. The Bertz CT molecular complexity index is 576. The number of carbonyl (C=O) groups excluding carboxylic acids is 1. The van der Waals surface area contributed by atoms with Crippen molar-refractivity contribution in [2.24, 2.45) is 0 Å². The van der Waals surface area contributed by atoms with Crippen molar-refractivity contribution in [3.05, 3.63) is 35.4 Å². The van der Waals surface area contributed by atoms with E-state index in [0.29, 0.717) is 5.56 Å². The maximum atomic E-state index is 12.6. The molecule has 0 aliphatic rings. The Balaban J connectivity index is 2.96. The van der Waals surface area contributed by atoms with Crippen molar-refractivity contribution in [3.63, 3.8) is 0 Å². The van der Waals surface area contributed by atoms with Crippen LogP contribution in [0, 0.1) is 0 Å². The first-order valence-corrected chi connectivity index (χ1v) is 14.1. The molecular formula is C20H35NO3SSi. The van der Waals surface area contributed by atoms with Crippen LogP contribution in [0.4, 0.5) is 0 Å². The van der Waals surface area contributed by atoms with Crippen LogP contribution in [-0.4, -0.2) is 29.4 Å². The second-order valence-electron chi connectivity index (χ2n) is 9.23. The van der Waals surface area contributed by atoms with Gasteiger partial charge in [-0.05, 0) is 58.7 Å². The van der Waals surface area contributed by atoms with Crippen molar-refractivity contribution in [2.75, 3.05) is 0 Å². The Morgan fingerprint density at radius 2 is 1.73 bits per heavy atom. The minimum Gasteiger partial charge on any atom is -0.598 e. The van der Waals surface area contributed by atoms with E-state index in [2.05, 4.69) is 24.4 Å². The van der Waals surface area contributed by atoms with Gasteiger partial charge < -0.3 is 9.29 Å². The lowest BCUT2D eigenvalue weighted by Crippen LogP contribution is -2.41. The Labute approximate surface area is 163 Å². The van der Waals surface area contributed by atoms with Crippen molar-refractivity contribution < 1.29 is 14.1 Å². The summed E-state index contributed by atoms with van der Waals surface area (Å²) in [7, 11) is -1.21. The fourth-order valence-electron chi connectivity index (χ4n) is 2.31. The molecule has 1 aromatic rings. The Kier molecular flexibility index (Phi) is 8.39. The van der Waals surface area contributed by atoms with Crippen LogP contribution in [0.25, 0.3) is 0 Å². The largest absolute Gasteiger partial charge is 0.598 e. The number of hydrogen-bond acceptors (Lipinski definition) is 4. The molecule has 148 valence electrons. The normalized spacial score (nSPS) is 15.0. The monoisotopic (exact) mass is 397 g/mol. The SMILES string of the molecule is CC(C)OC(=O)c1ccc([C@H](CC[Si](C)(C)C)N[S+]([O-])C(C)(C)C)cc1. The smallest absolute Gasteiger partial charge is 0.338 e. The second-order valence-corrected chi connectivity index (χ2v) is 16.8. The van der Waals surface area contributed by atoms with Gasteiger partial charge in [0.1, 0.15) is 4.75 Å². The summed E-state index contributed by atoms with van der Waals surface area (Å²) in [5.74, 6) is -0.309. The lowest BCUT2D eigenvalue weighted by molar-refractivity contribution is 0.0378. The molecule has 0 aliphatic heterocycles. The van der Waals surface area contributed by atoms with E-state index < -0.39 is 19.4 Å². The van der Waals surface area contributed by atoms with Crippen LogP contribution in [0.3, 0.4) is 0 Å². The predicted octanol–water partition coefficient (Wildman–Crippen LogP) is 5.07. The van der Waals surface area contributed by atoms with Crippen LogP contribution in [-0.2, 0) is 16.1 Å². The molecule has 0 aromatic heterocycles. The molecule has 0 amide bonds. The van der Waals surface area contributed by atoms with Gasteiger partial charge in [-0.3, -0.25) is 0 Å². The molecule has 1 aromatic carbocycles. The van der Waals surface area contributed by atoms with Gasteiger partial charge in [0.05, 0.1) is 17.7 Å². The molecule has 26 heavy (non-hydrogen) atoms. The average Bonchev–Trinajstić information content (AvgIpc) is 2.48. The van der Waals surface area contributed by atoms with E-state index in [1.54, 1.807) is 12.1 Å². The second kappa shape index (κ2) is 9.40. The summed E-state index contributed by atoms with van der Waals surface area (Å²) in [5.41, 5.74) is 1.60. The summed E-state index contributed by atoms with van der Waals surface area (Å²) in [6.07, 6.45) is 0.801. The van der Waals surface area contributed by atoms with Crippen molar-refractivity contribution in [1.82, 2.24) is 4.72 Å². The molecule has 1 unspecified atom stereocenters. The first-order chi connectivity index (χ1) is 11.8. The van der Waals surface area contributed by atoms with E-state index in [0.717, 1.165) is 18.0 Å². The van der Waals surface area contributed by atoms with Crippen LogP contribution < -0.4 is 4.72 Å². The van der Waals surface area contributed by atoms with Gasteiger partial charge in [-0.1, -0.05) is 37.8 Å². The quantitative estimate of drug-likeness (QED) is 0.378. The van der Waals surface area contributed by atoms with Gasteiger partial charge in [-0.2, -0.15) is 0 Å². The predicted molar refractivity (Wildman–Crippen MR) is 114 cm³/mol. The van der Waals surface area contributed by atoms with Gasteiger partial charge in [0.15, 0.2) is 0 Å². The van der Waals surface area contributed by atoms with E-state index in [4.69, 9.17) is 4.74 Å². The van der Waals surface area contributed by atoms with E-state index >= 15 is 0 Å². The van der Waals surface area contributed by atoms with Crippen molar-refractivity contribution in [2.45, 2.75) is 83.6 Å². The molecule has 0 fully saturated rings. The summed E-state index contributed by atoms with van der Waals surface area (Å²) in [4.78, 5) is 12.0. The van der Waals surface area contributed by atoms with E-state index in [1.807, 2.05) is 46.8 Å². The zero-order chi connectivity index (χ0) is 20.1. The summed E-state index contributed by atoms with van der Waals surface area (Å²) >= 11 is -1.14. The van der Waals surface area contributed by atoms with Crippen molar-refractivity contribution in [1.29, 1.82) is 0 Å². The molecule has 0 bridgehead atoms. The third-order valence-corrected chi connectivity index (χ3v) is 7.28. The highest BCUT2D eigenvalue weighted by Crippen LogP contribution is 2.27. The molecule has 0 aliphatic carbocycles. The molecule has 1 rings (SSSR count). The molecule has 0 saturated heterocycles. The van der Waals surface area contributed by atoms with Gasteiger partial charge in [0.25, 0.3) is 0 Å². The fourth-order valence-corrected chi connectivity index (χ4v) is 4.33. The van der Waals surface area contributed by atoms with Crippen molar-refractivity contribution >= 4 is 25.4 Å². The van der Waals surface area contributed by atoms with E-state index in [1.165, 1.54) is 0 Å². The van der Waals surface area contributed by atoms with Crippen LogP contribution in [0.1, 0.15) is 63.0 Å². The number of ether oxygens (including phenoxy) is 1. The summed E-state index contributed by atoms with van der Waals surface area (Å²) in [5, 5.41) is 0. The van der Waals surface area contributed by atoms with Crippen LogP contribution >= 0.6 is 0 Å².